The molecule has 0 saturated carbocycles. The number of nitrogens with zero attached hydrogens (tertiary/aromatic N) is 1. The number of carbonyl (C=O) groups is 1. The van der Waals surface area contributed by atoms with Gasteiger partial charge >= 0.3 is 0 Å². The van der Waals surface area contributed by atoms with Crippen LogP contribution in [0, 0.1) is 17.1 Å². The first-order valence-electron chi connectivity index (χ1n) is 8.07. The van der Waals surface area contributed by atoms with E-state index in [-0.39, 0.29) is 22.4 Å². The van der Waals surface area contributed by atoms with E-state index in [0.29, 0.717) is 17.1 Å². The summed E-state index contributed by atoms with van der Waals surface area (Å²) in [6, 6.07) is 10.6. The van der Waals surface area contributed by atoms with Gasteiger partial charge in [-0.1, -0.05) is 23.7 Å². The second-order valence-corrected chi connectivity index (χ2v) is 6.21. The molecule has 2 aromatic rings. The zero-order valence-electron chi connectivity index (χ0n) is 15.0. The van der Waals surface area contributed by atoms with Gasteiger partial charge in [-0.3, -0.25) is 4.79 Å². The maximum absolute atomic E-state index is 13.7. The van der Waals surface area contributed by atoms with Crippen LogP contribution in [0.5, 0.6) is 11.5 Å². The predicted molar refractivity (Wildman–Crippen MR) is 102 cm³/mol. The molecule has 1 N–H and O–H groups in total. The van der Waals surface area contributed by atoms with Crippen molar-refractivity contribution in [3.05, 3.63) is 58.4 Å². The van der Waals surface area contributed by atoms with Gasteiger partial charge in [0.25, 0.3) is 5.91 Å². The fraction of sp³-hybridized carbons (Fsp3) is 0.200. The molecule has 0 aliphatic rings. The maximum atomic E-state index is 13.7. The third-order valence-corrected chi connectivity index (χ3v) is 3.68. The van der Waals surface area contributed by atoms with Crippen LogP contribution in [0.25, 0.3) is 6.08 Å². The number of anilines is 1. The van der Waals surface area contributed by atoms with Gasteiger partial charge < -0.3 is 14.8 Å². The lowest BCUT2D eigenvalue weighted by Crippen LogP contribution is -2.14. The summed E-state index contributed by atoms with van der Waals surface area (Å²) in [5.74, 6) is -0.585. The Morgan fingerprint density at radius 1 is 1.33 bits per heavy atom. The third kappa shape index (κ3) is 5.22. The zero-order valence-corrected chi connectivity index (χ0v) is 15.8. The van der Waals surface area contributed by atoms with Crippen LogP contribution in [-0.4, -0.2) is 19.1 Å². The second kappa shape index (κ2) is 9.06. The van der Waals surface area contributed by atoms with Crippen molar-refractivity contribution >= 4 is 29.3 Å². The average Bonchev–Trinajstić information content (AvgIpc) is 2.63. The van der Waals surface area contributed by atoms with Crippen LogP contribution in [0.2, 0.25) is 5.02 Å². The molecule has 0 aliphatic carbocycles. The van der Waals surface area contributed by atoms with Crippen molar-refractivity contribution in [2.75, 3.05) is 12.4 Å². The van der Waals surface area contributed by atoms with Crippen LogP contribution in [0.4, 0.5) is 10.1 Å². The first kappa shape index (κ1) is 20.3. The van der Waals surface area contributed by atoms with E-state index in [1.165, 1.54) is 31.4 Å². The highest BCUT2D eigenvalue weighted by Crippen LogP contribution is 2.37. The third-order valence-electron chi connectivity index (χ3n) is 3.40. The van der Waals surface area contributed by atoms with Gasteiger partial charge in [0, 0.05) is 0 Å². The minimum absolute atomic E-state index is 0.0139. The summed E-state index contributed by atoms with van der Waals surface area (Å²) in [6.07, 6.45) is 1.23. The Bertz CT molecular complexity index is 920. The fourth-order valence-corrected chi connectivity index (χ4v) is 2.50. The summed E-state index contributed by atoms with van der Waals surface area (Å²) in [4.78, 5) is 12.3. The summed E-state index contributed by atoms with van der Waals surface area (Å²) in [5, 5.41) is 12.0. The molecule has 0 atom stereocenters. The first-order chi connectivity index (χ1) is 12.8. The van der Waals surface area contributed by atoms with Crippen molar-refractivity contribution in [1.82, 2.24) is 0 Å². The number of ether oxygens (including phenoxy) is 2. The summed E-state index contributed by atoms with van der Waals surface area (Å²) in [7, 11) is 1.46. The Kier molecular flexibility index (Phi) is 6.80. The van der Waals surface area contributed by atoms with Crippen LogP contribution in [-0.2, 0) is 4.79 Å². The van der Waals surface area contributed by atoms with Gasteiger partial charge in [0.2, 0.25) is 0 Å². The van der Waals surface area contributed by atoms with Crippen molar-refractivity contribution in [2.24, 2.45) is 0 Å². The molecule has 1 amide bonds. The van der Waals surface area contributed by atoms with Gasteiger partial charge in [-0.25, -0.2) is 4.39 Å². The number of hydrogen-bond acceptors (Lipinski definition) is 4. The number of carbonyl (C=O) groups excluding carboxylic acids is 1. The Labute approximate surface area is 162 Å². The van der Waals surface area contributed by atoms with Gasteiger partial charge in [0.15, 0.2) is 11.5 Å². The molecule has 7 heteroatoms. The van der Waals surface area contributed by atoms with E-state index in [0.717, 1.165) is 0 Å². The molecule has 2 aromatic carbocycles. The molecular formula is C20H18ClFN2O3. The highest BCUT2D eigenvalue weighted by molar-refractivity contribution is 6.32. The van der Waals surface area contributed by atoms with Gasteiger partial charge in [0.05, 0.1) is 23.9 Å². The van der Waals surface area contributed by atoms with Crippen molar-refractivity contribution in [3.8, 4) is 17.6 Å². The van der Waals surface area contributed by atoms with Crippen LogP contribution >= 0.6 is 11.6 Å². The molecule has 0 spiro atoms. The lowest BCUT2D eigenvalue weighted by Gasteiger charge is -2.15. The standard InChI is InChI=1S/C20H18ClFN2O3/c1-12(2)27-19-15(21)9-13(10-18(19)26-3)8-14(11-23)20(25)24-17-7-5-4-6-16(17)22/h4-10,12H,1-3H3,(H,24,25)/b14-8+. The fourth-order valence-electron chi connectivity index (χ4n) is 2.24. The van der Waals surface area contributed by atoms with Crippen molar-refractivity contribution in [1.29, 1.82) is 5.26 Å². The van der Waals surface area contributed by atoms with Gasteiger partial charge in [-0.2, -0.15) is 5.26 Å². The molecule has 5 nitrogen and oxygen atoms in total. The number of rotatable bonds is 6. The first-order valence-corrected chi connectivity index (χ1v) is 8.45. The minimum atomic E-state index is -0.736. The maximum Gasteiger partial charge on any atom is 0.266 e. The quantitative estimate of drug-likeness (QED) is 0.568. The van der Waals surface area contributed by atoms with E-state index >= 15 is 0 Å². The molecule has 0 bridgehead atoms. The SMILES string of the molecule is COc1cc(/C=C(\C#N)C(=O)Nc2ccccc2F)cc(Cl)c1OC(C)C. The van der Waals surface area contributed by atoms with Gasteiger partial charge in [-0.05, 0) is 49.8 Å². The zero-order chi connectivity index (χ0) is 20.0. The Morgan fingerprint density at radius 2 is 2.04 bits per heavy atom. The Morgan fingerprint density at radius 3 is 2.63 bits per heavy atom. The topological polar surface area (TPSA) is 71.3 Å². The molecule has 0 aromatic heterocycles. The molecule has 140 valence electrons. The highest BCUT2D eigenvalue weighted by Gasteiger charge is 2.15. The number of para-hydroxylation sites is 1. The second-order valence-electron chi connectivity index (χ2n) is 5.80. The number of hydrogen-bond donors (Lipinski definition) is 1. The number of nitriles is 1. The van der Waals surface area contributed by atoms with Crippen LogP contribution in [0.15, 0.2) is 42.0 Å². The van der Waals surface area contributed by atoms with Gasteiger partial charge in [-0.15, -0.1) is 0 Å². The predicted octanol–water partition coefficient (Wildman–Crippen LogP) is 4.82. The normalized spacial score (nSPS) is 11.1. The summed E-state index contributed by atoms with van der Waals surface area (Å²) < 4.78 is 24.6. The van der Waals surface area contributed by atoms with Crippen LogP contribution in [0.3, 0.4) is 0 Å². The monoisotopic (exact) mass is 388 g/mol. The molecule has 0 heterocycles. The summed E-state index contributed by atoms with van der Waals surface area (Å²) in [5.41, 5.74) is 0.238. The molecule has 2 rings (SSSR count). The van der Waals surface area contributed by atoms with E-state index in [9.17, 15) is 14.4 Å². The largest absolute Gasteiger partial charge is 0.493 e. The molecule has 0 aliphatic heterocycles. The lowest BCUT2D eigenvalue weighted by molar-refractivity contribution is -0.112. The molecule has 0 fully saturated rings. The number of methoxy groups -OCH3 is 1. The van der Waals surface area contributed by atoms with Crippen molar-refractivity contribution in [3.63, 3.8) is 0 Å². The van der Waals surface area contributed by atoms with E-state index in [2.05, 4.69) is 5.32 Å². The molecule has 0 radical (unpaired) electrons. The molecule has 27 heavy (non-hydrogen) atoms. The van der Waals surface area contributed by atoms with Crippen molar-refractivity contribution < 1.29 is 18.7 Å². The summed E-state index contributed by atoms with van der Waals surface area (Å²) in [6.45, 7) is 3.70. The van der Waals surface area contributed by atoms with Crippen molar-refractivity contribution in [2.45, 2.75) is 20.0 Å². The highest BCUT2D eigenvalue weighted by atomic mass is 35.5. The average molecular weight is 389 g/mol. The van der Waals surface area contributed by atoms with E-state index in [4.69, 9.17) is 21.1 Å². The van der Waals surface area contributed by atoms with E-state index in [1.807, 2.05) is 13.8 Å². The molecule has 0 saturated heterocycles. The molecule has 0 unspecified atom stereocenters. The number of benzene rings is 2. The van der Waals surface area contributed by atoms with Crippen LogP contribution in [0.1, 0.15) is 19.4 Å². The Balaban J connectivity index is 2.34. The Hall–Kier alpha value is -3.04. The van der Waals surface area contributed by atoms with Gasteiger partial charge in [0.1, 0.15) is 17.5 Å². The van der Waals surface area contributed by atoms with Crippen LogP contribution < -0.4 is 14.8 Å². The number of nitrogens with one attached hydrogen (secondary N) is 1. The van der Waals surface area contributed by atoms with E-state index < -0.39 is 11.7 Å². The summed E-state index contributed by atoms with van der Waals surface area (Å²) >= 11 is 6.25. The van der Waals surface area contributed by atoms with E-state index in [1.54, 1.807) is 24.3 Å². The molecular weight excluding hydrogens is 371 g/mol. The lowest BCUT2D eigenvalue weighted by atomic mass is 10.1. The number of halogens is 2. The minimum Gasteiger partial charge on any atom is -0.493 e. The number of amides is 1. The smallest absolute Gasteiger partial charge is 0.266 e.